The van der Waals surface area contributed by atoms with E-state index in [0.717, 1.165) is 6.07 Å². The molecule has 1 aliphatic rings. The average molecular weight is 243 g/mol. The largest absolute Gasteiger partial charge is 0.325 e. The highest BCUT2D eigenvalue weighted by atomic mass is 32.2. The van der Waals surface area contributed by atoms with Gasteiger partial charge in [0, 0.05) is 5.92 Å². The van der Waals surface area contributed by atoms with E-state index in [1.54, 1.807) is 0 Å². The summed E-state index contributed by atoms with van der Waals surface area (Å²) < 4.78 is 37.1. The van der Waals surface area contributed by atoms with Crippen LogP contribution in [0, 0.1) is 11.7 Å². The summed E-state index contributed by atoms with van der Waals surface area (Å²) in [6.07, 6.45) is 0. The minimum absolute atomic E-state index is 0.0225. The van der Waals surface area contributed by atoms with Gasteiger partial charge in [0.2, 0.25) is 5.91 Å². The first-order valence-corrected chi connectivity index (χ1v) is 6.39. The molecule has 1 N–H and O–H groups in total. The van der Waals surface area contributed by atoms with Crippen LogP contribution in [0.1, 0.15) is 6.92 Å². The Labute approximate surface area is 92.4 Å². The second kappa shape index (κ2) is 3.55. The van der Waals surface area contributed by atoms with Gasteiger partial charge in [0.15, 0.2) is 9.84 Å². The zero-order valence-electron chi connectivity index (χ0n) is 8.53. The summed E-state index contributed by atoms with van der Waals surface area (Å²) in [5.74, 6) is -2.29. The average Bonchev–Trinajstić information content (AvgIpc) is 2.23. The van der Waals surface area contributed by atoms with Crippen molar-refractivity contribution in [2.24, 2.45) is 5.92 Å². The van der Waals surface area contributed by atoms with Crippen LogP contribution in [0.25, 0.3) is 0 Å². The monoisotopic (exact) mass is 243 g/mol. The first-order chi connectivity index (χ1) is 7.42. The summed E-state index contributed by atoms with van der Waals surface area (Å²) >= 11 is 0. The number of fused-ring (bicyclic) bond motifs is 1. The Morgan fingerprint density at radius 1 is 1.44 bits per heavy atom. The Balaban J connectivity index is 2.71. The number of sulfone groups is 1. The lowest BCUT2D eigenvalue weighted by molar-refractivity contribution is -0.118. The molecular weight excluding hydrogens is 233 g/mol. The van der Waals surface area contributed by atoms with Crippen molar-refractivity contribution < 1.29 is 17.6 Å². The van der Waals surface area contributed by atoms with Crippen LogP contribution >= 0.6 is 0 Å². The van der Waals surface area contributed by atoms with E-state index in [1.807, 2.05) is 0 Å². The lowest BCUT2D eigenvalue weighted by Crippen LogP contribution is -2.22. The molecule has 1 aliphatic heterocycles. The van der Waals surface area contributed by atoms with E-state index < -0.39 is 32.4 Å². The molecule has 1 unspecified atom stereocenters. The first-order valence-electron chi connectivity index (χ1n) is 4.74. The third kappa shape index (κ3) is 1.69. The number of amides is 1. The van der Waals surface area contributed by atoms with Crippen molar-refractivity contribution in [3.05, 3.63) is 24.0 Å². The van der Waals surface area contributed by atoms with E-state index in [9.17, 15) is 17.6 Å². The molecule has 1 amide bonds. The molecule has 1 atom stereocenters. The maximum Gasteiger partial charge on any atom is 0.228 e. The number of hydrogen-bond acceptors (Lipinski definition) is 3. The molecule has 1 heterocycles. The molecule has 0 aromatic heterocycles. The summed E-state index contributed by atoms with van der Waals surface area (Å²) in [7, 11) is -3.75. The quantitative estimate of drug-likeness (QED) is 0.744. The minimum Gasteiger partial charge on any atom is -0.325 e. The van der Waals surface area contributed by atoms with Crippen molar-refractivity contribution in [3.8, 4) is 0 Å². The molecule has 0 radical (unpaired) electrons. The van der Waals surface area contributed by atoms with Crippen molar-refractivity contribution in [2.45, 2.75) is 11.8 Å². The molecule has 0 aliphatic carbocycles. The lowest BCUT2D eigenvalue weighted by atomic mass is 10.2. The Hall–Kier alpha value is -1.43. The third-order valence-electron chi connectivity index (χ3n) is 2.45. The zero-order chi connectivity index (χ0) is 11.9. The van der Waals surface area contributed by atoms with Gasteiger partial charge in [-0.15, -0.1) is 0 Å². The molecule has 0 saturated heterocycles. The van der Waals surface area contributed by atoms with Crippen molar-refractivity contribution in [1.82, 2.24) is 0 Å². The molecule has 0 saturated carbocycles. The Morgan fingerprint density at radius 2 is 2.12 bits per heavy atom. The van der Waals surface area contributed by atoms with Gasteiger partial charge < -0.3 is 5.32 Å². The first kappa shape index (κ1) is 11.1. The minimum atomic E-state index is -3.75. The summed E-state index contributed by atoms with van der Waals surface area (Å²) in [6, 6.07) is 3.81. The van der Waals surface area contributed by atoms with Crippen LogP contribution in [-0.2, 0) is 14.6 Å². The third-order valence-corrected chi connectivity index (χ3v) is 4.43. The number of nitrogens with one attached hydrogen (secondary N) is 1. The molecule has 6 heteroatoms. The van der Waals surface area contributed by atoms with Crippen molar-refractivity contribution in [3.63, 3.8) is 0 Å². The lowest BCUT2D eigenvalue weighted by Gasteiger charge is -2.06. The predicted octanol–water partition coefficient (Wildman–Crippen LogP) is 1.19. The topological polar surface area (TPSA) is 63.2 Å². The van der Waals surface area contributed by atoms with Crippen LogP contribution in [0.4, 0.5) is 10.1 Å². The number of carbonyl (C=O) groups excluding carboxylic acids is 1. The molecule has 1 aromatic carbocycles. The van der Waals surface area contributed by atoms with Crippen LogP contribution < -0.4 is 5.32 Å². The molecule has 0 spiro atoms. The second-order valence-electron chi connectivity index (χ2n) is 3.79. The van der Waals surface area contributed by atoms with E-state index in [4.69, 9.17) is 0 Å². The SMILES string of the molecule is CC1CS(=O)(=O)c2c(F)cccc2NC1=O. The molecule has 86 valence electrons. The predicted molar refractivity (Wildman–Crippen MR) is 56.2 cm³/mol. The standard InChI is InChI=1S/C10H10FNO3S/c1-6-5-16(14,15)9-7(11)3-2-4-8(9)12-10(6)13/h2-4,6H,5H2,1H3,(H,12,13). The van der Waals surface area contributed by atoms with Gasteiger partial charge in [0.05, 0.1) is 11.4 Å². The zero-order valence-corrected chi connectivity index (χ0v) is 9.34. The van der Waals surface area contributed by atoms with E-state index >= 15 is 0 Å². The number of benzene rings is 1. The van der Waals surface area contributed by atoms with Crippen molar-refractivity contribution in [2.75, 3.05) is 11.1 Å². The number of carbonyl (C=O) groups is 1. The smallest absolute Gasteiger partial charge is 0.228 e. The van der Waals surface area contributed by atoms with Crippen LogP contribution in [0.5, 0.6) is 0 Å². The summed E-state index contributed by atoms with van der Waals surface area (Å²) in [6.45, 7) is 1.50. The maximum absolute atomic E-state index is 13.5. The molecule has 1 aromatic rings. The van der Waals surface area contributed by atoms with Gasteiger partial charge >= 0.3 is 0 Å². The molecular formula is C10H10FNO3S. The summed E-state index contributed by atoms with van der Waals surface area (Å²) in [4.78, 5) is 11.1. The van der Waals surface area contributed by atoms with Crippen molar-refractivity contribution >= 4 is 21.4 Å². The highest BCUT2D eigenvalue weighted by Crippen LogP contribution is 2.29. The summed E-state index contributed by atoms with van der Waals surface area (Å²) in [5, 5.41) is 2.41. The highest BCUT2D eigenvalue weighted by molar-refractivity contribution is 7.91. The number of hydrogen-bond donors (Lipinski definition) is 1. The summed E-state index contributed by atoms with van der Waals surface area (Å²) in [5.41, 5.74) is 0.0225. The fourth-order valence-electron chi connectivity index (χ4n) is 1.67. The van der Waals surface area contributed by atoms with E-state index in [-0.39, 0.29) is 11.4 Å². The van der Waals surface area contributed by atoms with Gasteiger partial charge in [-0.05, 0) is 12.1 Å². The second-order valence-corrected chi connectivity index (χ2v) is 5.76. The van der Waals surface area contributed by atoms with Gasteiger partial charge in [0.1, 0.15) is 10.7 Å². The van der Waals surface area contributed by atoms with Crippen LogP contribution in [0.3, 0.4) is 0 Å². The maximum atomic E-state index is 13.5. The fraction of sp³-hybridized carbons (Fsp3) is 0.300. The van der Waals surface area contributed by atoms with Gasteiger partial charge in [0.25, 0.3) is 0 Å². The molecule has 16 heavy (non-hydrogen) atoms. The highest BCUT2D eigenvalue weighted by Gasteiger charge is 2.32. The fourth-order valence-corrected chi connectivity index (χ4v) is 3.46. The number of anilines is 1. The Bertz CT molecular complexity index is 553. The molecule has 4 nitrogen and oxygen atoms in total. The van der Waals surface area contributed by atoms with Crippen LogP contribution in [-0.4, -0.2) is 20.1 Å². The van der Waals surface area contributed by atoms with Crippen LogP contribution in [0.15, 0.2) is 23.1 Å². The Kier molecular flexibility index (Phi) is 2.46. The van der Waals surface area contributed by atoms with Gasteiger partial charge in [-0.2, -0.15) is 0 Å². The van der Waals surface area contributed by atoms with Crippen molar-refractivity contribution in [1.29, 1.82) is 0 Å². The van der Waals surface area contributed by atoms with Gasteiger partial charge in [-0.3, -0.25) is 4.79 Å². The molecule has 0 fully saturated rings. The van der Waals surface area contributed by atoms with E-state index in [2.05, 4.69) is 5.32 Å². The van der Waals surface area contributed by atoms with Gasteiger partial charge in [-0.1, -0.05) is 13.0 Å². The van der Waals surface area contributed by atoms with E-state index in [0.29, 0.717) is 0 Å². The van der Waals surface area contributed by atoms with Crippen LogP contribution in [0.2, 0.25) is 0 Å². The number of rotatable bonds is 0. The normalized spacial score (nSPS) is 23.1. The van der Waals surface area contributed by atoms with E-state index in [1.165, 1.54) is 19.1 Å². The Morgan fingerprint density at radius 3 is 2.81 bits per heavy atom. The van der Waals surface area contributed by atoms with Gasteiger partial charge in [-0.25, -0.2) is 12.8 Å². The number of halogens is 1. The molecule has 0 bridgehead atoms. The molecule has 2 rings (SSSR count).